The topological polar surface area (TPSA) is 55.9 Å². The van der Waals surface area contributed by atoms with Crippen LogP contribution in [0.15, 0.2) is 42.5 Å². The lowest BCUT2D eigenvalue weighted by molar-refractivity contribution is -0.120. The van der Waals surface area contributed by atoms with Crippen molar-refractivity contribution in [1.82, 2.24) is 4.90 Å². The first-order valence-corrected chi connectivity index (χ1v) is 10.0. The molecule has 0 atom stereocenters. The minimum atomic E-state index is -0.214. The predicted octanol–water partition coefficient (Wildman–Crippen LogP) is 3.05. The van der Waals surface area contributed by atoms with Crippen LogP contribution in [0.25, 0.3) is 0 Å². The minimum absolute atomic E-state index is 0.0140. The van der Waals surface area contributed by atoms with Crippen LogP contribution in [0, 0.1) is 13.8 Å². The van der Waals surface area contributed by atoms with Crippen molar-refractivity contribution in [3.05, 3.63) is 53.6 Å². The van der Waals surface area contributed by atoms with E-state index in [0.29, 0.717) is 0 Å². The highest BCUT2D eigenvalue weighted by Gasteiger charge is 2.18. The average Bonchev–Trinajstić information content (AvgIpc) is 2.69. The number of amides is 2. The van der Waals surface area contributed by atoms with Gasteiger partial charge >= 0.3 is 0 Å². The fourth-order valence-corrected chi connectivity index (χ4v) is 3.54. The van der Waals surface area contributed by atoms with Crippen LogP contribution >= 0.6 is 0 Å². The molecule has 0 radical (unpaired) electrons. The zero-order chi connectivity index (χ0) is 21.0. The van der Waals surface area contributed by atoms with E-state index in [0.717, 1.165) is 54.4 Å². The molecule has 0 aliphatic carbocycles. The molecule has 2 aromatic carbocycles. The third-order valence-electron chi connectivity index (χ3n) is 5.36. The number of piperazine rings is 1. The third kappa shape index (κ3) is 5.35. The van der Waals surface area contributed by atoms with Crippen LogP contribution in [0.2, 0.25) is 0 Å². The van der Waals surface area contributed by atoms with E-state index >= 15 is 0 Å². The highest BCUT2D eigenvalue weighted by atomic mass is 16.2. The molecule has 2 amide bonds. The smallest absolute Gasteiger partial charge is 0.244 e. The number of hydrogen-bond acceptors (Lipinski definition) is 4. The molecule has 1 aliphatic heterocycles. The summed E-state index contributed by atoms with van der Waals surface area (Å²) >= 11 is 0. The highest BCUT2D eigenvalue weighted by molar-refractivity contribution is 6.02. The summed E-state index contributed by atoms with van der Waals surface area (Å²) in [6.07, 6.45) is 0. The molecule has 1 aliphatic rings. The van der Waals surface area contributed by atoms with Gasteiger partial charge in [0.1, 0.15) is 6.54 Å². The zero-order valence-electron chi connectivity index (χ0n) is 17.7. The maximum Gasteiger partial charge on any atom is 0.244 e. The van der Waals surface area contributed by atoms with Gasteiger partial charge in [0.15, 0.2) is 0 Å². The van der Waals surface area contributed by atoms with Crippen LogP contribution in [0.5, 0.6) is 0 Å². The van der Waals surface area contributed by atoms with Crippen LogP contribution in [-0.2, 0) is 9.59 Å². The van der Waals surface area contributed by atoms with Gasteiger partial charge in [-0.1, -0.05) is 12.1 Å². The fourth-order valence-electron chi connectivity index (χ4n) is 3.54. The number of rotatable bonds is 5. The van der Waals surface area contributed by atoms with Gasteiger partial charge in [-0.05, 0) is 62.4 Å². The normalized spacial score (nSPS) is 14.6. The molecular formula is C23H30N4O2. The van der Waals surface area contributed by atoms with Gasteiger partial charge in [-0.2, -0.15) is 0 Å². The molecule has 0 unspecified atom stereocenters. The number of likely N-dealkylation sites (N-methyl/N-ethyl adjacent to an activating group) is 1. The SMILES string of the molecule is CC(=O)N(CC(=O)Nc1ccc(N2CCN(C)CC2)cc1)c1cc(C)ccc1C. The summed E-state index contributed by atoms with van der Waals surface area (Å²) in [5, 5.41) is 2.91. The lowest BCUT2D eigenvalue weighted by atomic mass is 10.1. The second-order valence-corrected chi connectivity index (χ2v) is 7.78. The van der Waals surface area contributed by atoms with Crippen LogP contribution in [0.4, 0.5) is 17.1 Å². The van der Waals surface area contributed by atoms with Gasteiger partial charge in [0.2, 0.25) is 11.8 Å². The Morgan fingerprint density at radius 3 is 2.28 bits per heavy atom. The van der Waals surface area contributed by atoms with Crippen LogP contribution in [0.1, 0.15) is 18.1 Å². The molecule has 1 saturated heterocycles. The number of nitrogens with one attached hydrogen (secondary N) is 1. The van der Waals surface area contributed by atoms with Crippen molar-refractivity contribution in [3.63, 3.8) is 0 Å². The largest absolute Gasteiger partial charge is 0.369 e. The molecule has 6 nitrogen and oxygen atoms in total. The Hall–Kier alpha value is -2.86. The lowest BCUT2D eigenvalue weighted by Gasteiger charge is -2.34. The van der Waals surface area contributed by atoms with Crippen molar-refractivity contribution in [2.45, 2.75) is 20.8 Å². The Morgan fingerprint density at radius 2 is 1.66 bits per heavy atom. The first-order valence-electron chi connectivity index (χ1n) is 10.0. The van der Waals surface area contributed by atoms with Gasteiger partial charge in [-0.3, -0.25) is 9.59 Å². The molecule has 1 fully saturated rings. The van der Waals surface area contributed by atoms with Gasteiger partial charge in [0.25, 0.3) is 0 Å². The number of carbonyl (C=O) groups is 2. The predicted molar refractivity (Wildman–Crippen MR) is 119 cm³/mol. The van der Waals surface area contributed by atoms with E-state index in [1.807, 2.05) is 56.3 Å². The average molecular weight is 395 g/mol. The number of benzene rings is 2. The molecule has 1 heterocycles. The maximum atomic E-state index is 12.6. The van der Waals surface area contributed by atoms with E-state index in [2.05, 4.69) is 22.2 Å². The van der Waals surface area contributed by atoms with Crippen LogP contribution in [0.3, 0.4) is 0 Å². The molecule has 0 saturated carbocycles. The van der Waals surface area contributed by atoms with Crippen molar-refractivity contribution < 1.29 is 9.59 Å². The third-order valence-corrected chi connectivity index (χ3v) is 5.36. The summed E-state index contributed by atoms with van der Waals surface area (Å²) in [6, 6.07) is 13.8. The summed E-state index contributed by atoms with van der Waals surface area (Å²) in [5.41, 5.74) is 4.69. The first-order chi connectivity index (χ1) is 13.8. The van der Waals surface area contributed by atoms with Gasteiger partial charge in [-0.25, -0.2) is 0 Å². The first kappa shape index (κ1) is 20.9. The second-order valence-electron chi connectivity index (χ2n) is 7.78. The number of anilines is 3. The second kappa shape index (κ2) is 9.09. The molecule has 1 N–H and O–H groups in total. The van der Waals surface area contributed by atoms with E-state index in [1.165, 1.54) is 11.8 Å². The van der Waals surface area contributed by atoms with Crippen LogP contribution in [-0.4, -0.2) is 56.5 Å². The Kier molecular flexibility index (Phi) is 6.54. The van der Waals surface area contributed by atoms with Crippen LogP contribution < -0.4 is 15.1 Å². The summed E-state index contributed by atoms with van der Waals surface area (Å²) in [6.45, 7) is 9.51. The summed E-state index contributed by atoms with van der Waals surface area (Å²) < 4.78 is 0. The standard InChI is InChI=1S/C23H30N4O2/c1-17-5-6-18(2)22(15-17)27(19(3)28)16-23(29)24-20-7-9-21(10-8-20)26-13-11-25(4)12-14-26/h5-10,15H,11-14,16H2,1-4H3,(H,24,29). The summed E-state index contributed by atoms with van der Waals surface area (Å²) in [5.74, 6) is -0.368. The summed E-state index contributed by atoms with van der Waals surface area (Å²) in [7, 11) is 2.14. The molecular weight excluding hydrogens is 364 g/mol. The Balaban J connectivity index is 1.64. The van der Waals surface area contributed by atoms with Crippen molar-refractivity contribution in [2.24, 2.45) is 0 Å². The van der Waals surface area contributed by atoms with Gasteiger partial charge < -0.3 is 20.0 Å². The van der Waals surface area contributed by atoms with Crippen molar-refractivity contribution >= 4 is 28.9 Å². The summed E-state index contributed by atoms with van der Waals surface area (Å²) in [4.78, 5) is 31.0. The molecule has 154 valence electrons. The van der Waals surface area contributed by atoms with Gasteiger partial charge in [-0.15, -0.1) is 0 Å². The van der Waals surface area contributed by atoms with E-state index in [1.54, 1.807) is 0 Å². The molecule has 6 heteroatoms. The zero-order valence-corrected chi connectivity index (χ0v) is 17.7. The number of aryl methyl sites for hydroxylation is 2. The quantitative estimate of drug-likeness (QED) is 0.847. The Bertz CT molecular complexity index is 871. The molecule has 29 heavy (non-hydrogen) atoms. The van der Waals surface area contributed by atoms with E-state index in [-0.39, 0.29) is 18.4 Å². The molecule has 0 spiro atoms. The maximum absolute atomic E-state index is 12.6. The van der Waals surface area contributed by atoms with Gasteiger partial charge in [0, 0.05) is 50.2 Å². The van der Waals surface area contributed by atoms with E-state index in [9.17, 15) is 9.59 Å². The monoisotopic (exact) mass is 394 g/mol. The molecule has 0 bridgehead atoms. The van der Waals surface area contributed by atoms with Crippen molar-refractivity contribution in [2.75, 3.05) is 54.9 Å². The number of hydrogen-bond donors (Lipinski definition) is 1. The fraction of sp³-hybridized carbons (Fsp3) is 0.391. The molecule has 3 rings (SSSR count). The number of carbonyl (C=O) groups excluding carboxylic acids is 2. The van der Waals surface area contributed by atoms with Crippen molar-refractivity contribution in [1.29, 1.82) is 0 Å². The number of nitrogens with zero attached hydrogens (tertiary/aromatic N) is 3. The molecule has 2 aromatic rings. The van der Waals surface area contributed by atoms with Gasteiger partial charge in [0.05, 0.1) is 0 Å². The lowest BCUT2D eigenvalue weighted by Crippen LogP contribution is -2.44. The minimum Gasteiger partial charge on any atom is -0.369 e. The van der Waals surface area contributed by atoms with Crippen molar-refractivity contribution in [3.8, 4) is 0 Å². The Morgan fingerprint density at radius 1 is 1.00 bits per heavy atom. The van der Waals surface area contributed by atoms with E-state index < -0.39 is 0 Å². The van der Waals surface area contributed by atoms with E-state index in [4.69, 9.17) is 0 Å². The molecule has 0 aromatic heterocycles. The highest BCUT2D eigenvalue weighted by Crippen LogP contribution is 2.23. The Labute approximate surface area is 173 Å².